The van der Waals surface area contributed by atoms with Gasteiger partial charge in [0.1, 0.15) is 6.61 Å². The lowest BCUT2D eigenvalue weighted by atomic mass is 10.4. The summed E-state index contributed by atoms with van der Waals surface area (Å²) in [6.45, 7) is 2.88. The Labute approximate surface area is 95.4 Å². The monoisotopic (exact) mass is 230 g/mol. The first-order valence-corrected chi connectivity index (χ1v) is 5.21. The van der Waals surface area contributed by atoms with Gasteiger partial charge in [-0.2, -0.15) is 0 Å². The van der Waals surface area contributed by atoms with Crippen molar-refractivity contribution in [3.63, 3.8) is 0 Å². The second kappa shape index (κ2) is 10.2. The van der Waals surface area contributed by atoms with Crippen LogP contribution in [0.25, 0.3) is 0 Å². The number of rotatable bonds is 8. The maximum Gasteiger partial charge on any atom is 0.331 e. The van der Waals surface area contributed by atoms with E-state index in [1.165, 1.54) is 7.11 Å². The minimum Gasteiger partial charge on any atom is -0.463 e. The van der Waals surface area contributed by atoms with E-state index < -0.39 is 11.9 Å². The van der Waals surface area contributed by atoms with Gasteiger partial charge in [0.2, 0.25) is 0 Å². The van der Waals surface area contributed by atoms with Gasteiger partial charge in [-0.3, -0.25) is 0 Å². The van der Waals surface area contributed by atoms with Gasteiger partial charge in [-0.25, -0.2) is 9.59 Å². The summed E-state index contributed by atoms with van der Waals surface area (Å²) in [6, 6.07) is 0. The van der Waals surface area contributed by atoms with Gasteiger partial charge >= 0.3 is 11.9 Å². The Kier molecular flexibility index (Phi) is 9.30. The second-order valence-electron chi connectivity index (χ2n) is 3.01. The molecule has 5 heteroatoms. The summed E-state index contributed by atoms with van der Waals surface area (Å²) < 4.78 is 14.2. The van der Waals surface area contributed by atoms with Gasteiger partial charge in [-0.15, -0.1) is 0 Å². The van der Waals surface area contributed by atoms with Crippen molar-refractivity contribution in [1.82, 2.24) is 0 Å². The minimum absolute atomic E-state index is 0.171. The molecule has 0 aliphatic heterocycles. The Bertz CT molecular complexity index is 211. The molecule has 0 spiro atoms. The third-order valence-corrected chi connectivity index (χ3v) is 1.63. The molecule has 0 saturated carbocycles. The molecule has 0 aromatic heterocycles. The molecule has 0 aromatic carbocycles. The largest absolute Gasteiger partial charge is 0.463 e. The van der Waals surface area contributed by atoms with Crippen LogP contribution in [0.1, 0.15) is 19.8 Å². The van der Waals surface area contributed by atoms with E-state index in [1.807, 2.05) is 6.92 Å². The summed E-state index contributed by atoms with van der Waals surface area (Å²) in [5, 5.41) is 0. The predicted molar refractivity (Wildman–Crippen MR) is 57.8 cm³/mol. The van der Waals surface area contributed by atoms with E-state index >= 15 is 0 Å². The second-order valence-corrected chi connectivity index (χ2v) is 3.01. The zero-order chi connectivity index (χ0) is 12.2. The van der Waals surface area contributed by atoms with Crippen LogP contribution in [0.4, 0.5) is 0 Å². The molecule has 0 saturated heterocycles. The highest BCUT2D eigenvalue weighted by molar-refractivity contribution is 5.91. The highest BCUT2D eigenvalue weighted by Crippen LogP contribution is 1.90. The fourth-order valence-corrected chi connectivity index (χ4v) is 0.775. The first kappa shape index (κ1) is 14.6. The first-order valence-electron chi connectivity index (χ1n) is 5.21. The summed E-state index contributed by atoms with van der Waals surface area (Å²) in [4.78, 5) is 22.0. The molecular formula is C11H18O5. The van der Waals surface area contributed by atoms with Crippen molar-refractivity contribution in [2.24, 2.45) is 0 Å². The Morgan fingerprint density at radius 1 is 1.00 bits per heavy atom. The average molecular weight is 230 g/mol. The molecular weight excluding hydrogens is 212 g/mol. The zero-order valence-electron chi connectivity index (χ0n) is 9.73. The average Bonchev–Trinajstić information content (AvgIpc) is 2.27. The van der Waals surface area contributed by atoms with Gasteiger partial charge in [0.25, 0.3) is 0 Å². The van der Waals surface area contributed by atoms with E-state index in [0.717, 1.165) is 25.0 Å². The van der Waals surface area contributed by atoms with E-state index in [9.17, 15) is 9.59 Å². The van der Waals surface area contributed by atoms with Gasteiger partial charge in [0.15, 0.2) is 0 Å². The van der Waals surface area contributed by atoms with Gasteiger partial charge in [-0.05, 0) is 6.42 Å². The number of carbonyl (C=O) groups excluding carboxylic acids is 2. The van der Waals surface area contributed by atoms with Crippen molar-refractivity contribution in [1.29, 1.82) is 0 Å². The van der Waals surface area contributed by atoms with Crippen LogP contribution < -0.4 is 0 Å². The highest BCUT2D eigenvalue weighted by Gasteiger charge is 2.00. The van der Waals surface area contributed by atoms with Gasteiger partial charge < -0.3 is 14.2 Å². The zero-order valence-corrected chi connectivity index (χ0v) is 9.73. The van der Waals surface area contributed by atoms with Crippen LogP contribution in [0.2, 0.25) is 0 Å². The van der Waals surface area contributed by atoms with Crippen molar-refractivity contribution in [2.75, 3.05) is 26.9 Å². The van der Waals surface area contributed by atoms with Gasteiger partial charge in [0, 0.05) is 19.3 Å². The molecule has 0 bridgehead atoms. The van der Waals surface area contributed by atoms with E-state index in [-0.39, 0.29) is 6.61 Å². The molecule has 0 aliphatic rings. The molecule has 16 heavy (non-hydrogen) atoms. The molecule has 0 rings (SSSR count). The highest BCUT2D eigenvalue weighted by atomic mass is 16.6. The normalized spacial score (nSPS) is 10.4. The Morgan fingerprint density at radius 3 is 2.06 bits per heavy atom. The molecule has 0 aromatic rings. The van der Waals surface area contributed by atoms with E-state index in [0.29, 0.717) is 13.2 Å². The molecule has 5 nitrogen and oxygen atoms in total. The van der Waals surface area contributed by atoms with Crippen LogP contribution in [-0.2, 0) is 23.8 Å². The number of hydrogen-bond acceptors (Lipinski definition) is 5. The molecule has 0 amide bonds. The molecule has 0 heterocycles. The van der Waals surface area contributed by atoms with Crippen molar-refractivity contribution >= 4 is 11.9 Å². The number of ether oxygens (including phenoxy) is 3. The van der Waals surface area contributed by atoms with Crippen LogP contribution in [0, 0.1) is 0 Å². The predicted octanol–water partition coefficient (Wildman–Crippen LogP) is 1.08. The summed E-state index contributed by atoms with van der Waals surface area (Å²) in [5.74, 6) is -1.11. The lowest BCUT2D eigenvalue weighted by Gasteiger charge is -2.00. The number of unbranched alkanes of at least 4 members (excludes halogenated alkanes) is 1. The maximum absolute atomic E-state index is 11.0. The lowest BCUT2D eigenvalue weighted by Crippen LogP contribution is -2.08. The van der Waals surface area contributed by atoms with Crippen LogP contribution in [0.15, 0.2) is 12.2 Å². The smallest absolute Gasteiger partial charge is 0.331 e. The lowest BCUT2D eigenvalue weighted by molar-refractivity contribution is -0.141. The molecule has 0 fully saturated rings. The van der Waals surface area contributed by atoms with Crippen molar-refractivity contribution in [3.8, 4) is 0 Å². The van der Waals surface area contributed by atoms with Crippen molar-refractivity contribution < 1.29 is 23.8 Å². The molecule has 0 radical (unpaired) electrons. The third kappa shape index (κ3) is 9.21. The molecule has 92 valence electrons. The Hall–Kier alpha value is -1.36. The number of carbonyl (C=O) groups is 2. The third-order valence-electron chi connectivity index (χ3n) is 1.63. The summed E-state index contributed by atoms with van der Waals surface area (Å²) in [7, 11) is 1.51. The Balaban J connectivity index is 3.63. The maximum atomic E-state index is 11.0. The van der Waals surface area contributed by atoms with Crippen molar-refractivity contribution in [2.45, 2.75) is 19.8 Å². The fourth-order valence-electron chi connectivity index (χ4n) is 0.775. The molecule has 0 aliphatic carbocycles. The van der Waals surface area contributed by atoms with Crippen LogP contribution in [-0.4, -0.2) is 38.9 Å². The summed E-state index contributed by atoms with van der Waals surface area (Å²) in [5.41, 5.74) is 0. The van der Waals surface area contributed by atoms with Gasteiger partial charge in [-0.1, -0.05) is 13.3 Å². The van der Waals surface area contributed by atoms with Crippen LogP contribution in [0.3, 0.4) is 0 Å². The molecule has 0 atom stereocenters. The minimum atomic E-state index is -0.579. The van der Waals surface area contributed by atoms with Crippen LogP contribution >= 0.6 is 0 Å². The topological polar surface area (TPSA) is 61.8 Å². The standard InChI is InChI=1S/C11H18O5/c1-3-4-7-15-10(12)5-6-11(13)16-9-8-14-2/h5-6H,3-4,7-9H2,1-2H3. The Morgan fingerprint density at radius 2 is 1.56 bits per heavy atom. The van der Waals surface area contributed by atoms with E-state index in [2.05, 4.69) is 0 Å². The quantitative estimate of drug-likeness (QED) is 0.354. The molecule has 0 unspecified atom stereocenters. The number of esters is 2. The van der Waals surface area contributed by atoms with Crippen molar-refractivity contribution in [3.05, 3.63) is 12.2 Å². The van der Waals surface area contributed by atoms with E-state index in [4.69, 9.17) is 14.2 Å². The van der Waals surface area contributed by atoms with E-state index in [1.54, 1.807) is 0 Å². The van der Waals surface area contributed by atoms with Gasteiger partial charge in [0.05, 0.1) is 13.2 Å². The molecule has 0 N–H and O–H groups in total. The summed E-state index contributed by atoms with van der Waals surface area (Å²) >= 11 is 0. The SMILES string of the molecule is CCCCOC(=O)C=CC(=O)OCCOC. The van der Waals surface area contributed by atoms with Crippen LogP contribution in [0.5, 0.6) is 0 Å². The summed E-state index contributed by atoms with van der Waals surface area (Å²) in [6.07, 6.45) is 3.88. The number of methoxy groups -OCH3 is 1. The number of hydrogen-bond donors (Lipinski definition) is 0. The fraction of sp³-hybridized carbons (Fsp3) is 0.636. The first-order chi connectivity index (χ1) is 7.70.